The van der Waals surface area contributed by atoms with Crippen LogP contribution in [0.25, 0.3) is 0 Å². The molecule has 4 aromatic carbocycles. The molecule has 4 aromatic rings. The molecule has 0 fully saturated rings. The largest absolute Gasteiger partial charge is 0.487 e. The summed E-state index contributed by atoms with van der Waals surface area (Å²) in [4.78, 5) is 12.1. The first-order valence-corrected chi connectivity index (χ1v) is 14.3. The lowest BCUT2D eigenvalue weighted by molar-refractivity contribution is -0.137. The van der Waals surface area contributed by atoms with Gasteiger partial charge in [-0.15, -0.1) is 0 Å². The predicted octanol–water partition coefficient (Wildman–Crippen LogP) is 7.78. The van der Waals surface area contributed by atoms with Crippen LogP contribution in [0, 0.1) is 6.92 Å². The van der Waals surface area contributed by atoms with E-state index in [1.54, 1.807) is 19.1 Å². The number of benzene rings is 4. The van der Waals surface area contributed by atoms with Crippen molar-refractivity contribution in [1.82, 2.24) is 0 Å². The highest BCUT2D eigenvalue weighted by Gasteiger charge is 2.31. The quantitative estimate of drug-likeness (QED) is 0.199. The highest BCUT2D eigenvalue weighted by Crippen LogP contribution is 2.44. The minimum absolute atomic E-state index is 0.00797. The van der Waals surface area contributed by atoms with Gasteiger partial charge < -0.3 is 15.4 Å². The average molecular weight is 623 g/mol. The number of amides is 1. The Kier molecular flexibility index (Phi) is 9.16. The lowest BCUT2D eigenvalue weighted by Gasteiger charge is -2.18. The van der Waals surface area contributed by atoms with Gasteiger partial charge in [-0.1, -0.05) is 77.3 Å². The van der Waals surface area contributed by atoms with Crippen LogP contribution in [-0.4, -0.2) is 20.9 Å². The Morgan fingerprint density at radius 2 is 1.59 bits per heavy atom. The second kappa shape index (κ2) is 12.4. The number of hydrogen-bond donors (Lipinski definition) is 2. The van der Waals surface area contributed by atoms with E-state index in [0.717, 1.165) is 23.3 Å². The van der Waals surface area contributed by atoms with Crippen LogP contribution in [-0.2, 0) is 27.4 Å². The van der Waals surface area contributed by atoms with E-state index in [1.165, 1.54) is 30.3 Å². The number of aryl methyl sites for hydroxylation is 1. The molecule has 0 unspecified atom stereocenters. The predicted molar refractivity (Wildman–Crippen MR) is 152 cm³/mol. The maximum absolute atomic E-state index is 13.6. The molecule has 0 radical (unpaired) electrons. The third-order valence-electron chi connectivity index (χ3n) is 5.88. The van der Waals surface area contributed by atoms with Crippen LogP contribution in [0.15, 0.2) is 94.7 Å². The van der Waals surface area contributed by atoms with Gasteiger partial charge in [0, 0.05) is 11.8 Å². The zero-order valence-electron chi connectivity index (χ0n) is 21.4. The molecule has 0 spiro atoms. The van der Waals surface area contributed by atoms with Crippen molar-refractivity contribution < 1.29 is 31.1 Å². The molecule has 0 aromatic heterocycles. The molecule has 0 saturated heterocycles. The zero-order chi connectivity index (χ0) is 29.8. The number of carbonyl (C=O) groups is 1. The first-order valence-electron chi connectivity index (χ1n) is 12.1. The number of alkyl halides is 3. The van der Waals surface area contributed by atoms with E-state index in [0.29, 0.717) is 0 Å². The van der Waals surface area contributed by atoms with E-state index in [4.69, 9.17) is 27.9 Å². The molecule has 2 N–H and O–H groups in total. The highest BCUT2D eigenvalue weighted by molar-refractivity contribution is 7.91. The number of hydrogen-bond acceptors (Lipinski definition) is 5. The Labute approximate surface area is 245 Å². The molecule has 0 saturated carbocycles. The van der Waals surface area contributed by atoms with E-state index in [1.807, 2.05) is 30.3 Å². The van der Waals surface area contributed by atoms with Crippen molar-refractivity contribution in [2.24, 2.45) is 0 Å². The van der Waals surface area contributed by atoms with Gasteiger partial charge in [-0.2, -0.15) is 13.2 Å². The van der Waals surface area contributed by atoms with Crippen LogP contribution < -0.4 is 15.4 Å². The molecule has 0 aliphatic rings. The van der Waals surface area contributed by atoms with Gasteiger partial charge in [0.2, 0.25) is 15.7 Å². The smallest absolute Gasteiger partial charge is 0.416 e. The van der Waals surface area contributed by atoms with E-state index < -0.39 is 38.9 Å². The van der Waals surface area contributed by atoms with Gasteiger partial charge >= 0.3 is 6.18 Å². The fourth-order valence-electron chi connectivity index (χ4n) is 3.78. The Balaban J connectivity index is 1.65. The van der Waals surface area contributed by atoms with Gasteiger partial charge in [-0.3, -0.25) is 4.79 Å². The van der Waals surface area contributed by atoms with Crippen LogP contribution >= 0.6 is 23.2 Å². The summed E-state index contributed by atoms with van der Waals surface area (Å²) in [5, 5.41) is 4.59. The van der Waals surface area contributed by atoms with Gasteiger partial charge in [0.05, 0.1) is 27.7 Å². The van der Waals surface area contributed by atoms with Crippen molar-refractivity contribution in [3.05, 3.63) is 112 Å². The maximum Gasteiger partial charge on any atom is 0.416 e. The standard InChI is InChI=1S/C29H23Cl2F3N2O4S/c1-18-10-12-22(13-11-18)41(38,39)28-26(30)23(15-24(27(28)31)40-17-19-6-3-2-4-7-19)35-16-25(37)36-21-9-5-8-20(14-21)29(32,33)34/h2-15,35H,16-17H2,1H3,(H,36,37). The number of halogens is 5. The van der Waals surface area contributed by atoms with Crippen LogP contribution in [0.1, 0.15) is 16.7 Å². The number of nitrogens with one attached hydrogen (secondary N) is 2. The topological polar surface area (TPSA) is 84.5 Å². The van der Waals surface area contributed by atoms with E-state index >= 15 is 0 Å². The van der Waals surface area contributed by atoms with Gasteiger partial charge in [0.15, 0.2) is 0 Å². The second-order valence-electron chi connectivity index (χ2n) is 8.95. The molecule has 0 aliphatic carbocycles. The monoisotopic (exact) mass is 622 g/mol. The minimum atomic E-state index is -4.58. The molecule has 12 heteroatoms. The normalized spacial score (nSPS) is 11.7. The third kappa shape index (κ3) is 7.32. The molecule has 0 bridgehead atoms. The maximum atomic E-state index is 13.6. The minimum Gasteiger partial charge on any atom is -0.487 e. The molecule has 0 atom stereocenters. The van der Waals surface area contributed by atoms with Crippen molar-refractivity contribution in [2.45, 2.75) is 29.5 Å². The van der Waals surface area contributed by atoms with Crippen molar-refractivity contribution in [3.63, 3.8) is 0 Å². The van der Waals surface area contributed by atoms with E-state index in [-0.39, 0.29) is 38.7 Å². The first-order chi connectivity index (χ1) is 19.4. The lowest BCUT2D eigenvalue weighted by atomic mass is 10.2. The highest BCUT2D eigenvalue weighted by atomic mass is 35.5. The molecular weight excluding hydrogens is 600 g/mol. The summed E-state index contributed by atoms with van der Waals surface area (Å²) in [6.45, 7) is 1.41. The van der Waals surface area contributed by atoms with Gasteiger partial charge in [-0.05, 0) is 42.8 Å². The summed E-state index contributed by atoms with van der Waals surface area (Å²) in [6, 6.07) is 20.7. The summed E-state index contributed by atoms with van der Waals surface area (Å²) in [7, 11) is -4.24. The SMILES string of the molecule is Cc1ccc(S(=O)(=O)c2c(Cl)c(NCC(=O)Nc3cccc(C(F)(F)F)c3)cc(OCc3ccccc3)c2Cl)cc1. The summed E-state index contributed by atoms with van der Waals surface area (Å²) in [5.41, 5.74) is 0.661. The molecule has 4 rings (SSSR count). The van der Waals surface area contributed by atoms with Crippen molar-refractivity contribution >= 4 is 50.3 Å². The number of sulfone groups is 1. The van der Waals surface area contributed by atoms with Gasteiger partial charge in [0.1, 0.15) is 22.3 Å². The van der Waals surface area contributed by atoms with Crippen molar-refractivity contribution in [1.29, 1.82) is 0 Å². The Morgan fingerprint density at radius 3 is 2.24 bits per heavy atom. The summed E-state index contributed by atoms with van der Waals surface area (Å²) < 4.78 is 72.2. The summed E-state index contributed by atoms with van der Waals surface area (Å²) in [6.07, 6.45) is -4.58. The molecule has 214 valence electrons. The Bertz CT molecular complexity index is 1660. The van der Waals surface area contributed by atoms with Crippen LogP contribution in [0.5, 0.6) is 5.75 Å². The van der Waals surface area contributed by atoms with E-state index in [2.05, 4.69) is 10.6 Å². The van der Waals surface area contributed by atoms with Crippen LogP contribution in [0.2, 0.25) is 10.0 Å². The molecular formula is C29H23Cl2F3N2O4S. The number of anilines is 2. The molecule has 1 amide bonds. The summed E-state index contributed by atoms with van der Waals surface area (Å²) >= 11 is 13.1. The molecule has 0 aliphatic heterocycles. The number of ether oxygens (including phenoxy) is 1. The lowest BCUT2D eigenvalue weighted by Crippen LogP contribution is -2.22. The van der Waals surface area contributed by atoms with Crippen LogP contribution in [0.4, 0.5) is 24.5 Å². The Morgan fingerprint density at radius 1 is 0.902 bits per heavy atom. The van der Waals surface area contributed by atoms with Gasteiger partial charge in [0.25, 0.3) is 0 Å². The second-order valence-corrected chi connectivity index (χ2v) is 11.6. The molecule has 6 nitrogen and oxygen atoms in total. The van der Waals surface area contributed by atoms with E-state index in [9.17, 15) is 26.4 Å². The summed E-state index contributed by atoms with van der Waals surface area (Å²) in [5.74, 6) is -0.712. The Hall–Kier alpha value is -3.73. The fraction of sp³-hybridized carbons (Fsp3) is 0.138. The average Bonchev–Trinajstić information content (AvgIpc) is 2.92. The van der Waals surface area contributed by atoms with Crippen molar-refractivity contribution in [2.75, 3.05) is 17.2 Å². The van der Waals surface area contributed by atoms with Crippen LogP contribution in [0.3, 0.4) is 0 Å². The molecule has 41 heavy (non-hydrogen) atoms. The van der Waals surface area contributed by atoms with Gasteiger partial charge in [-0.25, -0.2) is 8.42 Å². The fourth-order valence-corrected chi connectivity index (χ4v) is 6.27. The first kappa shape index (κ1) is 30.2. The third-order valence-corrected chi connectivity index (χ3v) is 8.71. The molecule has 0 heterocycles. The number of rotatable bonds is 9. The zero-order valence-corrected chi connectivity index (χ0v) is 23.8. The van der Waals surface area contributed by atoms with Crippen molar-refractivity contribution in [3.8, 4) is 5.75 Å². The number of carbonyl (C=O) groups excluding carboxylic acids is 1.